The summed E-state index contributed by atoms with van der Waals surface area (Å²) < 4.78 is 26.6. The monoisotopic (exact) mass is 223 g/mol. The van der Waals surface area contributed by atoms with Crippen LogP contribution in [0.2, 0.25) is 0 Å². The third kappa shape index (κ3) is 2.36. The van der Waals surface area contributed by atoms with Crippen molar-refractivity contribution in [2.24, 2.45) is 0 Å². The number of hydrogen-bond acceptors (Lipinski definition) is 4. The van der Waals surface area contributed by atoms with Gasteiger partial charge >= 0.3 is 6.09 Å². The van der Waals surface area contributed by atoms with E-state index in [-0.39, 0.29) is 0 Å². The molecule has 0 aromatic heterocycles. The van der Waals surface area contributed by atoms with Crippen molar-refractivity contribution in [2.45, 2.75) is 25.5 Å². The van der Waals surface area contributed by atoms with Gasteiger partial charge in [-0.05, 0) is 19.8 Å². The van der Waals surface area contributed by atoms with Gasteiger partial charge in [0, 0.05) is 6.54 Å². The van der Waals surface area contributed by atoms with E-state index < -0.39 is 21.9 Å². The molecule has 1 atom stereocenters. The average molecular weight is 223 g/mol. The normalized spacial score (nSPS) is 28.0. The van der Waals surface area contributed by atoms with Gasteiger partial charge in [0.05, 0.1) is 6.26 Å². The van der Waals surface area contributed by atoms with Gasteiger partial charge in [0.2, 0.25) is 0 Å². The van der Waals surface area contributed by atoms with Gasteiger partial charge in [-0.1, -0.05) is 0 Å². The number of hydrogen-bond donors (Lipinski definition) is 1. The molecular weight excluding hydrogens is 210 g/mol. The van der Waals surface area contributed by atoms with Crippen LogP contribution in [0.3, 0.4) is 0 Å². The highest BCUT2D eigenvalue weighted by Crippen LogP contribution is 2.31. The second kappa shape index (κ2) is 3.39. The van der Waals surface area contributed by atoms with Gasteiger partial charge in [-0.25, -0.2) is 8.98 Å². The minimum Gasteiger partial charge on any atom is -0.465 e. The highest BCUT2D eigenvalue weighted by molar-refractivity contribution is 7.86. The largest absolute Gasteiger partial charge is 0.465 e. The minimum absolute atomic E-state index is 0.307. The maximum Gasteiger partial charge on any atom is 0.409 e. The van der Waals surface area contributed by atoms with E-state index in [1.807, 2.05) is 0 Å². The third-order valence-corrected chi connectivity index (χ3v) is 2.82. The molecule has 6 nitrogen and oxygen atoms in total. The van der Waals surface area contributed by atoms with Gasteiger partial charge in [0.25, 0.3) is 10.1 Å². The molecule has 0 aromatic carbocycles. The van der Waals surface area contributed by atoms with Crippen molar-refractivity contribution in [1.29, 1.82) is 0 Å². The highest BCUT2D eigenvalue weighted by atomic mass is 32.2. The maximum atomic E-state index is 10.9. The summed E-state index contributed by atoms with van der Waals surface area (Å²) in [7, 11) is -3.64. The van der Waals surface area contributed by atoms with Crippen LogP contribution in [0.5, 0.6) is 0 Å². The number of likely N-dealkylation sites (tertiary alicyclic amines) is 1. The summed E-state index contributed by atoms with van der Waals surface area (Å²) in [5.41, 5.74) is -1.24. The standard InChI is InChI=1S/C7H13NO5S/c1-7(13-14(2,11)12)4-3-5-8(7)6(9)10/h3-5H2,1-2H3,(H,9,10)/t7-/m1/s1. The van der Waals surface area contributed by atoms with E-state index in [1.54, 1.807) is 0 Å². The van der Waals surface area contributed by atoms with E-state index in [0.29, 0.717) is 19.4 Å². The SMILES string of the molecule is C[C@@]1(OS(C)(=O)=O)CCCN1C(=O)O. The fourth-order valence-electron chi connectivity index (χ4n) is 1.65. The van der Waals surface area contributed by atoms with E-state index in [0.717, 1.165) is 11.2 Å². The summed E-state index contributed by atoms with van der Waals surface area (Å²) in [5, 5.41) is 8.80. The summed E-state index contributed by atoms with van der Waals surface area (Å²) in [6.45, 7) is 1.77. The molecule has 0 spiro atoms. The average Bonchev–Trinajstić information content (AvgIpc) is 2.26. The molecule has 0 unspecified atom stereocenters. The lowest BCUT2D eigenvalue weighted by atomic mass is 10.2. The molecule has 0 saturated carbocycles. The summed E-state index contributed by atoms with van der Waals surface area (Å²) in [5.74, 6) is 0. The number of carbonyl (C=O) groups is 1. The molecule has 0 aliphatic carbocycles. The van der Waals surface area contributed by atoms with Crippen LogP contribution in [0.25, 0.3) is 0 Å². The predicted octanol–water partition coefficient (Wildman–Crippen LogP) is 0.453. The third-order valence-electron chi connectivity index (χ3n) is 2.16. The Morgan fingerprint density at radius 2 is 2.14 bits per heavy atom. The van der Waals surface area contributed by atoms with Gasteiger partial charge in [-0.2, -0.15) is 8.42 Å². The first-order chi connectivity index (χ1) is 6.25. The molecule has 7 heteroatoms. The zero-order valence-corrected chi connectivity index (χ0v) is 8.87. The first kappa shape index (κ1) is 11.3. The van der Waals surface area contributed by atoms with E-state index in [1.165, 1.54) is 6.92 Å². The molecule has 1 saturated heterocycles. The van der Waals surface area contributed by atoms with Crippen LogP contribution in [0.1, 0.15) is 19.8 Å². The lowest BCUT2D eigenvalue weighted by Gasteiger charge is -2.31. The van der Waals surface area contributed by atoms with Crippen LogP contribution in [0.4, 0.5) is 4.79 Å². The lowest BCUT2D eigenvalue weighted by molar-refractivity contribution is -0.0212. The molecule has 1 aliphatic rings. The minimum atomic E-state index is -3.64. The van der Waals surface area contributed by atoms with Crippen molar-refractivity contribution < 1.29 is 22.5 Å². The van der Waals surface area contributed by atoms with Crippen LogP contribution < -0.4 is 0 Å². The molecule has 14 heavy (non-hydrogen) atoms. The number of rotatable bonds is 2. The van der Waals surface area contributed by atoms with Gasteiger partial charge in [-0.15, -0.1) is 0 Å². The summed E-state index contributed by atoms with van der Waals surface area (Å²) in [6, 6.07) is 0. The Morgan fingerprint density at radius 3 is 2.57 bits per heavy atom. The Morgan fingerprint density at radius 1 is 1.57 bits per heavy atom. The Bertz CT molecular complexity index is 338. The molecule has 1 fully saturated rings. The Balaban J connectivity index is 2.87. The zero-order valence-electron chi connectivity index (χ0n) is 8.06. The zero-order chi connectivity index (χ0) is 11.0. The predicted molar refractivity (Wildman–Crippen MR) is 48.3 cm³/mol. The molecule has 1 N–H and O–H groups in total. The topological polar surface area (TPSA) is 83.9 Å². The van der Waals surface area contributed by atoms with Crippen LogP contribution >= 0.6 is 0 Å². The van der Waals surface area contributed by atoms with Gasteiger partial charge in [0.1, 0.15) is 0 Å². The van der Waals surface area contributed by atoms with Crippen LogP contribution in [-0.2, 0) is 14.3 Å². The van der Waals surface area contributed by atoms with Crippen molar-refractivity contribution in [3.05, 3.63) is 0 Å². The molecule has 1 heterocycles. The lowest BCUT2D eigenvalue weighted by Crippen LogP contribution is -2.47. The van der Waals surface area contributed by atoms with Gasteiger partial charge in [-0.3, -0.25) is 4.90 Å². The molecule has 1 rings (SSSR count). The number of carboxylic acid groups (broad SMARTS) is 1. The van der Waals surface area contributed by atoms with Crippen LogP contribution in [0.15, 0.2) is 0 Å². The van der Waals surface area contributed by atoms with Crippen molar-refractivity contribution in [3.63, 3.8) is 0 Å². The van der Waals surface area contributed by atoms with Crippen molar-refractivity contribution in [2.75, 3.05) is 12.8 Å². The Labute approximate surface area is 82.6 Å². The fourth-order valence-corrected chi connectivity index (χ4v) is 2.47. The second-order valence-electron chi connectivity index (χ2n) is 3.50. The first-order valence-corrected chi connectivity index (χ1v) is 5.97. The Kier molecular flexibility index (Phi) is 2.73. The summed E-state index contributed by atoms with van der Waals surface area (Å²) in [6.07, 6.45) is 0.759. The molecule has 0 radical (unpaired) electrons. The quantitative estimate of drug-likeness (QED) is 0.687. The second-order valence-corrected chi connectivity index (χ2v) is 5.08. The molecule has 0 aromatic rings. The number of nitrogens with zero attached hydrogens (tertiary/aromatic N) is 1. The van der Waals surface area contributed by atoms with Crippen molar-refractivity contribution in [1.82, 2.24) is 4.90 Å². The highest BCUT2D eigenvalue weighted by Gasteiger charge is 2.43. The van der Waals surface area contributed by atoms with E-state index in [2.05, 4.69) is 0 Å². The van der Waals surface area contributed by atoms with E-state index in [9.17, 15) is 13.2 Å². The number of amides is 1. The van der Waals surface area contributed by atoms with Gasteiger partial charge in [0.15, 0.2) is 5.72 Å². The van der Waals surface area contributed by atoms with Crippen LogP contribution in [0, 0.1) is 0 Å². The van der Waals surface area contributed by atoms with Crippen molar-refractivity contribution >= 4 is 16.2 Å². The molecular formula is C7H13NO5S. The molecule has 1 amide bonds. The first-order valence-electron chi connectivity index (χ1n) is 4.16. The maximum absolute atomic E-state index is 10.9. The summed E-state index contributed by atoms with van der Waals surface area (Å²) >= 11 is 0. The Hall–Kier alpha value is -0.820. The van der Waals surface area contributed by atoms with Crippen molar-refractivity contribution in [3.8, 4) is 0 Å². The molecule has 1 aliphatic heterocycles. The molecule has 0 bridgehead atoms. The van der Waals surface area contributed by atoms with E-state index >= 15 is 0 Å². The van der Waals surface area contributed by atoms with Gasteiger partial charge < -0.3 is 5.11 Å². The smallest absolute Gasteiger partial charge is 0.409 e. The summed E-state index contributed by atoms with van der Waals surface area (Å²) in [4.78, 5) is 11.8. The van der Waals surface area contributed by atoms with Crippen LogP contribution in [-0.4, -0.2) is 43.0 Å². The van der Waals surface area contributed by atoms with E-state index in [4.69, 9.17) is 9.29 Å². The fraction of sp³-hybridized carbons (Fsp3) is 0.857. The molecule has 82 valence electrons.